The minimum absolute atomic E-state index is 0.0419. The molecule has 1 aromatic rings. The Kier molecular flexibility index (Phi) is 4.56. The molecular weight excluding hydrogens is 335 g/mol. The van der Waals surface area contributed by atoms with E-state index < -0.39 is 5.41 Å². The van der Waals surface area contributed by atoms with Crippen LogP contribution in [0.4, 0.5) is 5.69 Å². The zero-order valence-corrected chi connectivity index (χ0v) is 14.6. The van der Waals surface area contributed by atoms with Gasteiger partial charge in [-0.1, -0.05) is 30.1 Å². The Morgan fingerprint density at radius 3 is 2.70 bits per heavy atom. The van der Waals surface area contributed by atoms with Gasteiger partial charge in [0.25, 0.3) is 0 Å². The van der Waals surface area contributed by atoms with Crippen molar-refractivity contribution in [3.63, 3.8) is 0 Å². The monoisotopic (exact) mass is 354 g/mol. The van der Waals surface area contributed by atoms with Crippen molar-refractivity contribution < 1.29 is 9.59 Å². The summed E-state index contributed by atoms with van der Waals surface area (Å²) >= 11 is 12.0. The minimum atomic E-state index is -0.914. The van der Waals surface area contributed by atoms with E-state index in [-0.39, 0.29) is 11.8 Å². The van der Waals surface area contributed by atoms with Crippen molar-refractivity contribution in [1.29, 1.82) is 0 Å². The highest BCUT2D eigenvalue weighted by Gasteiger charge is 2.58. The summed E-state index contributed by atoms with van der Waals surface area (Å²) in [5.41, 5.74) is -0.460. The van der Waals surface area contributed by atoms with E-state index in [0.29, 0.717) is 34.5 Å². The summed E-state index contributed by atoms with van der Waals surface area (Å²) in [7, 11) is 0. The zero-order chi connectivity index (χ0) is 16.6. The number of hydrogen-bond donors (Lipinski definition) is 1. The van der Waals surface area contributed by atoms with Crippen LogP contribution in [0.2, 0.25) is 10.0 Å². The van der Waals surface area contributed by atoms with E-state index in [2.05, 4.69) is 12.2 Å². The Balaban J connectivity index is 1.73. The zero-order valence-electron chi connectivity index (χ0n) is 13.1. The van der Waals surface area contributed by atoms with Crippen LogP contribution in [0.15, 0.2) is 18.2 Å². The summed E-state index contributed by atoms with van der Waals surface area (Å²) in [6.07, 6.45) is 3.34. The first kappa shape index (κ1) is 16.6. The summed E-state index contributed by atoms with van der Waals surface area (Å²) < 4.78 is 0. The Morgan fingerprint density at radius 1 is 1.30 bits per heavy atom. The van der Waals surface area contributed by atoms with Crippen molar-refractivity contribution in [2.24, 2.45) is 11.3 Å². The van der Waals surface area contributed by atoms with Crippen molar-refractivity contribution in [3.05, 3.63) is 28.2 Å². The average Bonchev–Trinajstić information content (AvgIpc) is 3.32. The van der Waals surface area contributed by atoms with E-state index in [1.165, 1.54) is 0 Å². The van der Waals surface area contributed by atoms with E-state index in [9.17, 15) is 9.59 Å². The molecule has 1 N–H and O–H groups in total. The molecular formula is C17H20Cl2N2O2. The Hall–Kier alpha value is -1.26. The van der Waals surface area contributed by atoms with Gasteiger partial charge in [0.05, 0.1) is 10.7 Å². The van der Waals surface area contributed by atoms with Gasteiger partial charge in [0.15, 0.2) is 0 Å². The molecule has 2 amide bonds. The lowest BCUT2D eigenvalue weighted by Gasteiger charge is -2.33. The van der Waals surface area contributed by atoms with Crippen molar-refractivity contribution in [3.8, 4) is 0 Å². The second-order valence-corrected chi connectivity index (χ2v) is 7.50. The predicted molar refractivity (Wildman–Crippen MR) is 91.7 cm³/mol. The first-order chi connectivity index (χ1) is 10.9. The summed E-state index contributed by atoms with van der Waals surface area (Å²) in [6.45, 7) is 3.63. The third-order valence-electron chi connectivity index (χ3n) is 4.71. The molecule has 0 bridgehead atoms. The number of hydrogen-bond acceptors (Lipinski definition) is 2. The second-order valence-electron chi connectivity index (χ2n) is 6.66. The van der Waals surface area contributed by atoms with E-state index in [4.69, 9.17) is 23.2 Å². The molecule has 1 atom stereocenters. The Bertz CT molecular complexity index is 643. The highest BCUT2D eigenvalue weighted by molar-refractivity contribution is 6.36. The van der Waals surface area contributed by atoms with Gasteiger partial charge in [-0.3, -0.25) is 9.59 Å². The summed E-state index contributed by atoms with van der Waals surface area (Å²) in [5.74, 6) is 0.179. The lowest BCUT2D eigenvalue weighted by atomic mass is 9.96. The highest BCUT2D eigenvalue weighted by Crippen LogP contribution is 2.49. The van der Waals surface area contributed by atoms with Crippen LogP contribution in [0.3, 0.4) is 0 Å². The van der Waals surface area contributed by atoms with Crippen LogP contribution in [0.1, 0.15) is 32.6 Å². The number of carbonyl (C=O) groups excluding carboxylic acids is 2. The van der Waals surface area contributed by atoms with Crippen LogP contribution in [-0.2, 0) is 9.59 Å². The van der Waals surface area contributed by atoms with E-state index in [1.807, 2.05) is 4.90 Å². The number of benzene rings is 1. The molecule has 0 spiro atoms. The lowest BCUT2D eigenvalue weighted by Crippen LogP contribution is -2.46. The number of likely N-dealkylation sites (tertiary alicyclic amines) is 1. The number of nitrogens with one attached hydrogen (secondary N) is 1. The van der Waals surface area contributed by atoms with Gasteiger partial charge in [-0.2, -0.15) is 0 Å². The predicted octanol–water partition coefficient (Wildman–Crippen LogP) is 3.97. The smallest absolute Gasteiger partial charge is 0.240 e. The van der Waals surface area contributed by atoms with E-state index in [0.717, 1.165) is 25.9 Å². The molecule has 23 heavy (non-hydrogen) atoms. The number of carbonyl (C=O) groups is 2. The molecule has 6 heteroatoms. The largest absolute Gasteiger partial charge is 0.342 e. The van der Waals surface area contributed by atoms with Crippen LogP contribution in [0.5, 0.6) is 0 Å². The van der Waals surface area contributed by atoms with Crippen molar-refractivity contribution in [1.82, 2.24) is 4.90 Å². The van der Waals surface area contributed by atoms with Gasteiger partial charge in [-0.05, 0) is 49.8 Å². The van der Waals surface area contributed by atoms with Gasteiger partial charge in [-0.25, -0.2) is 0 Å². The van der Waals surface area contributed by atoms with Crippen LogP contribution in [0, 0.1) is 11.3 Å². The third-order valence-corrected chi connectivity index (χ3v) is 5.28. The van der Waals surface area contributed by atoms with Crippen LogP contribution >= 0.6 is 23.2 Å². The normalized spacial score (nSPS) is 22.6. The molecule has 2 aliphatic rings. The average molecular weight is 355 g/mol. The molecule has 4 nitrogen and oxygen atoms in total. The number of rotatable bonds is 3. The standard InChI is InChI=1S/C17H20Cl2N2O2/c1-11-3-2-8-21(10-11)16(23)17(6-7-17)15(22)20-14-9-12(18)4-5-13(14)19/h4-5,9,11H,2-3,6-8,10H2,1H3,(H,20,22). The summed E-state index contributed by atoms with van der Waals surface area (Å²) in [4.78, 5) is 27.3. The fourth-order valence-electron chi connectivity index (χ4n) is 3.17. The van der Waals surface area contributed by atoms with Crippen LogP contribution in [-0.4, -0.2) is 29.8 Å². The molecule has 3 rings (SSSR count). The third kappa shape index (κ3) is 3.33. The topological polar surface area (TPSA) is 49.4 Å². The number of piperidine rings is 1. The maximum absolute atomic E-state index is 12.8. The highest BCUT2D eigenvalue weighted by atomic mass is 35.5. The second kappa shape index (κ2) is 6.33. The van der Waals surface area contributed by atoms with Gasteiger partial charge in [-0.15, -0.1) is 0 Å². The number of halogens is 2. The number of amides is 2. The summed E-state index contributed by atoms with van der Waals surface area (Å²) in [5, 5.41) is 3.69. The SMILES string of the molecule is CC1CCCN(C(=O)C2(C(=O)Nc3cc(Cl)ccc3Cl)CC2)C1. The number of nitrogens with zero attached hydrogens (tertiary/aromatic N) is 1. The molecule has 0 aromatic heterocycles. The van der Waals surface area contributed by atoms with Gasteiger partial charge in [0.2, 0.25) is 11.8 Å². The molecule has 124 valence electrons. The lowest BCUT2D eigenvalue weighted by molar-refractivity contribution is -0.143. The molecule has 1 unspecified atom stereocenters. The molecule has 1 aromatic carbocycles. The van der Waals surface area contributed by atoms with Gasteiger partial charge in [0.1, 0.15) is 5.41 Å². The van der Waals surface area contributed by atoms with Crippen LogP contribution in [0.25, 0.3) is 0 Å². The van der Waals surface area contributed by atoms with Gasteiger partial charge >= 0.3 is 0 Å². The molecule has 1 saturated carbocycles. The van der Waals surface area contributed by atoms with Crippen molar-refractivity contribution >= 4 is 40.7 Å². The van der Waals surface area contributed by atoms with Gasteiger partial charge in [0, 0.05) is 18.1 Å². The van der Waals surface area contributed by atoms with E-state index in [1.54, 1.807) is 18.2 Å². The Morgan fingerprint density at radius 2 is 2.04 bits per heavy atom. The molecule has 0 radical (unpaired) electrons. The van der Waals surface area contributed by atoms with Crippen molar-refractivity contribution in [2.45, 2.75) is 32.6 Å². The maximum Gasteiger partial charge on any atom is 0.240 e. The van der Waals surface area contributed by atoms with Crippen molar-refractivity contribution in [2.75, 3.05) is 18.4 Å². The maximum atomic E-state index is 12.8. The number of anilines is 1. The first-order valence-electron chi connectivity index (χ1n) is 7.98. The van der Waals surface area contributed by atoms with Gasteiger partial charge < -0.3 is 10.2 Å². The molecule has 1 aliphatic heterocycles. The quantitative estimate of drug-likeness (QED) is 0.834. The molecule has 1 aliphatic carbocycles. The fourth-order valence-corrected chi connectivity index (χ4v) is 3.51. The molecule has 1 heterocycles. The fraction of sp³-hybridized carbons (Fsp3) is 0.529. The molecule has 2 fully saturated rings. The first-order valence-corrected chi connectivity index (χ1v) is 8.74. The minimum Gasteiger partial charge on any atom is -0.342 e. The van der Waals surface area contributed by atoms with Crippen LogP contribution < -0.4 is 5.32 Å². The van der Waals surface area contributed by atoms with E-state index >= 15 is 0 Å². The summed E-state index contributed by atoms with van der Waals surface area (Å²) in [6, 6.07) is 4.89. The Labute approximate surface area is 146 Å². The molecule has 1 saturated heterocycles.